The van der Waals surface area contributed by atoms with Crippen LogP contribution in [-0.2, 0) is 10.0 Å². The van der Waals surface area contributed by atoms with Crippen molar-refractivity contribution < 1.29 is 17.9 Å². The Labute approximate surface area is 203 Å². The molecule has 1 amide bonds. The van der Waals surface area contributed by atoms with Gasteiger partial charge in [-0.05, 0) is 86.7 Å². The van der Waals surface area contributed by atoms with E-state index in [4.69, 9.17) is 4.74 Å². The van der Waals surface area contributed by atoms with Gasteiger partial charge in [-0.1, -0.05) is 19.1 Å². The van der Waals surface area contributed by atoms with Crippen LogP contribution in [0.5, 0.6) is 5.75 Å². The van der Waals surface area contributed by atoms with E-state index in [0.29, 0.717) is 31.1 Å². The van der Waals surface area contributed by atoms with Crippen LogP contribution in [0.15, 0.2) is 53.4 Å². The Morgan fingerprint density at radius 2 is 1.62 bits per heavy atom. The second kappa shape index (κ2) is 10.9. The zero-order valence-corrected chi connectivity index (χ0v) is 20.9. The van der Waals surface area contributed by atoms with Gasteiger partial charge in [0.1, 0.15) is 5.75 Å². The minimum atomic E-state index is -3.52. The number of rotatable bonds is 8. The number of ether oxygens (including phenoxy) is 1. The Morgan fingerprint density at radius 1 is 1.00 bits per heavy atom. The highest BCUT2D eigenvalue weighted by Crippen LogP contribution is 2.27. The summed E-state index contributed by atoms with van der Waals surface area (Å²) in [5.74, 6) is 1.16. The van der Waals surface area contributed by atoms with Crippen LogP contribution in [0.25, 0.3) is 0 Å². The van der Waals surface area contributed by atoms with Gasteiger partial charge in [0.2, 0.25) is 10.0 Å². The molecule has 0 aromatic heterocycles. The van der Waals surface area contributed by atoms with Crippen LogP contribution < -0.4 is 10.1 Å². The number of methoxy groups -OCH3 is 1. The number of nitrogens with one attached hydrogen (secondary N) is 1. The van der Waals surface area contributed by atoms with Gasteiger partial charge in [0.05, 0.1) is 18.0 Å². The third-order valence-corrected chi connectivity index (χ3v) is 8.95. The first kappa shape index (κ1) is 24.7. The molecule has 34 heavy (non-hydrogen) atoms. The number of likely N-dealkylation sites (tertiary alicyclic amines) is 1. The molecule has 1 N–H and O–H groups in total. The predicted octanol–water partition coefficient (Wildman–Crippen LogP) is 3.68. The summed E-state index contributed by atoms with van der Waals surface area (Å²) in [4.78, 5) is 15.5. The standard InChI is InChI=1S/C26H35N3O4S/c1-20-13-17-29(18-14-20)34(31,32)24-11-7-22(8-12-24)26(30)27-19-25(28-15-3-4-16-28)21-5-9-23(33-2)10-6-21/h5-12,20,25H,3-4,13-19H2,1-2H3,(H,27,30). The molecule has 0 saturated carbocycles. The van der Waals surface area contributed by atoms with E-state index in [1.165, 1.54) is 0 Å². The zero-order valence-electron chi connectivity index (χ0n) is 20.1. The molecular weight excluding hydrogens is 450 g/mol. The fourth-order valence-electron chi connectivity index (χ4n) is 4.78. The lowest BCUT2D eigenvalue weighted by Gasteiger charge is -2.29. The Morgan fingerprint density at radius 3 is 2.21 bits per heavy atom. The maximum absolute atomic E-state index is 13.0. The van der Waals surface area contributed by atoms with Gasteiger partial charge in [0.15, 0.2) is 0 Å². The maximum atomic E-state index is 13.0. The van der Waals surface area contributed by atoms with Crippen molar-refractivity contribution in [3.63, 3.8) is 0 Å². The van der Waals surface area contributed by atoms with Crippen LogP contribution in [0.4, 0.5) is 0 Å². The maximum Gasteiger partial charge on any atom is 0.251 e. The fraction of sp³-hybridized carbons (Fsp3) is 0.500. The van der Waals surface area contributed by atoms with Gasteiger partial charge in [-0.25, -0.2) is 8.42 Å². The highest BCUT2D eigenvalue weighted by atomic mass is 32.2. The molecule has 0 bridgehead atoms. The number of carbonyl (C=O) groups excluding carboxylic acids is 1. The molecule has 2 aromatic carbocycles. The van der Waals surface area contributed by atoms with Crippen molar-refractivity contribution in [3.05, 3.63) is 59.7 Å². The van der Waals surface area contributed by atoms with Crippen LogP contribution in [0.3, 0.4) is 0 Å². The van der Waals surface area contributed by atoms with Crippen molar-refractivity contribution in [2.24, 2.45) is 5.92 Å². The summed E-state index contributed by atoms with van der Waals surface area (Å²) in [5.41, 5.74) is 1.60. The van der Waals surface area contributed by atoms with Gasteiger partial charge in [-0.3, -0.25) is 9.69 Å². The van der Waals surface area contributed by atoms with Crippen molar-refractivity contribution in [3.8, 4) is 5.75 Å². The predicted molar refractivity (Wildman–Crippen MR) is 132 cm³/mol. The first-order chi connectivity index (χ1) is 16.4. The Kier molecular flexibility index (Phi) is 7.91. The largest absolute Gasteiger partial charge is 0.497 e. The molecule has 0 spiro atoms. The number of amides is 1. The third kappa shape index (κ3) is 5.62. The van der Waals surface area contributed by atoms with E-state index >= 15 is 0 Å². The zero-order chi connectivity index (χ0) is 24.1. The molecule has 2 aromatic rings. The first-order valence-corrected chi connectivity index (χ1v) is 13.6. The molecule has 0 radical (unpaired) electrons. The SMILES string of the molecule is COc1ccc(C(CNC(=O)c2ccc(S(=O)(=O)N3CCC(C)CC3)cc2)N2CCCC2)cc1. The molecule has 2 heterocycles. The third-order valence-electron chi connectivity index (χ3n) is 7.03. The monoisotopic (exact) mass is 485 g/mol. The molecular formula is C26H35N3O4S. The summed E-state index contributed by atoms with van der Waals surface area (Å²) >= 11 is 0. The summed E-state index contributed by atoms with van der Waals surface area (Å²) in [6.45, 7) is 5.75. The van der Waals surface area contributed by atoms with Crippen molar-refractivity contribution in [1.82, 2.24) is 14.5 Å². The van der Waals surface area contributed by atoms with Gasteiger partial charge in [-0.2, -0.15) is 4.31 Å². The van der Waals surface area contributed by atoms with Gasteiger partial charge in [-0.15, -0.1) is 0 Å². The second-order valence-electron chi connectivity index (χ2n) is 9.35. The van der Waals surface area contributed by atoms with Crippen LogP contribution in [0.2, 0.25) is 0 Å². The molecule has 4 rings (SSSR count). The van der Waals surface area contributed by atoms with E-state index in [2.05, 4.69) is 29.3 Å². The molecule has 184 valence electrons. The summed E-state index contributed by atoms with van der Waals surface area (Å²) < 4.78 is 32.7. The van der Waals surface area contributed by atoms with Gasteiger partial charge < -0.3 is 10.1 Å². The van der Waals surface area contributed by atoms with Gasteiger partial charge in [0.25, 0.3) is 5.91 Å². The van der Waals surface area contributed by atoms with Gasteiger partial charge >= 0.3 is 0 Å². The quantitative estimate of drug-likeness (QED) is 0.617. The van der Waals surface area contributed by atoms with E-state index in [1.54, 1.807) is 35.7 Å². The molecule has 1 unspecified atom stereocenters. The number of sulfonamides is 1. The molecule has 2 saturated heterocycles. The summed E-state index contributed by atoms with van der Waals surface area (Å²) in [5, 5.41) is 3.06. The lowest BCUT2D eigenvalue weighted by atomic mass is 10.0. The molecule has 7 nitrogen and oxygen atoms in total. The number of hydrogen-bond acceptors (Lipinski definition) is 5. The highest BCUT2D eigenvalue weighted by Gasteiger charge is 2.28. The van der Waals surface area contributed by atoms with E-state index in [9.17, 15) is 13.2 Å². The lowest BCUT2D eigenvalue weighted by molar-refractivity contribution is 0.0937. The molecule has 0 aliphatic carbocycles. The summed E-state index contributed by atoms with van der Waals surface area (Å²) in [6.07, 6.45) is 4.08. The normalized spacial score (nSPS) is 19.1. The van der Waals surface area contributed by atoms with Crippen molar-refractivity contribution in [2.45, 2.75) is 43.5 Å². The number of nitrogens with zero attached hydrogens (tertiary/aromatic N) is 2. The van der Waals surface area contributed by atoms with E-state index < -0.39 is 10.0 Å². The number of carbonyl (C=O) groups is 1. The Hall–Kier alpha value is -2.42. The van der Waals surface area contributed by atoms with E-state index in [0.717, 1.165) is 50.1 Å². The Bertz CT molecular complexity index is 1060. The molecule has 2 aliphatic heterocycles. The smallest absolute Gasteiger partial charge is 0.251 e. The topological polar surface area (TPSA) is 78.9 Å². The summed E-state index contributed by atoms with van der Waals surface area (Å²) in [6, 6.07) is 14.4. The average Bonchev–Trinajstić information content (AvgIpc) is 3.39. The number of piperidine rings is 1. The minimum Gasteiger partial charge on any atom is -0.497 e. The van der Waals surface area contributed by atoms with E-state index in [-0.39, 0.29) is 16.8 Å². The minimum absolute atomic E-state index is 0.0819. The lowest BCUT2D eigenvalue weighted by Crippen LogP contribution is -2.38. The van der Waals surface area contributed by atoms with Crippen molar-refractivity contribution in [1.29, 1.82) is 0 Å². The van der Waals surface area contributed by atoms with Crippen molar-refractivity contribution >= 4 is 15.9 Å². The van der Waals surface area contributed by atoms with Crippen LogP contribution >= 0.6 is 0 Å². The van der Waals surface area contributed by atoms with Crippen LogP contribution in [-0.4, -0.2) is 63.4 Å². The molecule has 8 heteroatoms. The van der Waals surface area contributed by atoms with Crippen molar-refractivity contribution in [2.75, 3.05) is 39.8 Å². The highest BCUT2D eigenvalue weighted by molar-refractivity contribution is 7.89. The molecule has 2 fully saturated rings. The van der Waals surface area contributed by atoms with Gasteiger partial charge in [0, 0.05) is 25.2 Å². The fourth-order valence-corrected chi connectivity index (χ4v) is 6.25. The van der Waals surface area contributed by atoms with E-state index in [1.807, 2.05) is 12.1 Å². The molecule has 1 atom stereocenters. The van der Waals surface area contributed by atoms with Crippen LogP contribution in [0, 0.1) is 5.92 Å². The molecule has 2 aliphatic rings. The summed E-state index contributed by atoms with van der Waals surface area (Å²) in [7, 11) is -1.87. The second-order valence-corrected chi connectivity index (χ2v) is 11.3. The van der Waals surface area contributed by atoms with Crippen LogP contribution in [0.1, 0.15) is 54.6 Å². The number of benzene rings is 2. The number of hydrogen-bond donors (Lipinski definition) is 1. The Balaban J connectivity index is 1.41. The first-order valence-electron chi connectivity index (χ1n) is 12.1. The average molecular weight is 486 g/mol.